The van der Waals surface area contributed by atoms with Gasteiger partial charge in [0, 0.05) is 12.6 Å². The van der Waals surface area contributed by atoms with Gasteiger partial charge in [0.2, 0.25) is 10.0 Å². The summed E-state index contributed by atoms with van der Waals surface area (Å²) in [7, 11) is -2.15. The Bertz CT molecular complexity index is 437. The van der Waals surface area contributed by atoms with Crippen molar-refractivity contribution in [3.05, 3.63) is 0 Å². The summed E-state index contributed by atoms with van der Waals surface area (Å²) in [6.45, 7) is 1.35. The van der Waals surface area contributed by atoms with Gasteiger partial charge in [0.25, 0.3) is 0 Å². The van der Waals surface area contributed by atoms with E-state index in [0.29, 0.717) is 19.4 Å². The van der Waals surface area contributed by atoms with Gasteiger partial charge < -0.3 is 10.1 Å². The Morgan fingerprint density at radius 3 is 2.57 bits per heavy atom. The number of esters is 1. The number of rotatable bonds is 5. The van der Waals surface area contributed by atoms with E-state index in [9.17, 15) is 13.2 Å². The van der Waals surface area contributed by atoms with Crippen LogP contribution in [0.4, 0.5) is 0 Å². The number of halogens is 1. The third-order valence-electron chi connectivity index (χ3n) is 4.30. The van der Waals surface area contributed by atoms with Crippen LogP contribution in [0.5, 0.6) is 0 Å². The Hall–Kier alpha value is -0.370. The third kappa shape index (κ3) is 4.81. The second kappa shape index (κ2) is 8.31. The molecule has 21 heavy (non-hydrogen) atoms. The number of carbonyl (C=O) groups is 1. The van der Waals surface area contributed by atoms with E-state index in [4.69, 9.17) is 4.74 Å². The zero-order valence-corrected chi connectivity index (χ0v) is 14.0. The van der Waals surface area contributed by atoms with Crippen molar-refractivity contribution < 1.29 is 17.9 Å². The average Bonchev–Trinajstić information content (AvgIpc) is 2.98. The normalized spacial score (nSPS) is 29.7. The molecule has 3 unspecified atom stereocenters. The SMILES string of the molecule is COC(=O)C1CCCCC1S(=O)(=O)NCC1CCCN1.Cl. The van der Waals surface area contributed by atoms with Crippen LogP contribution in [-0.4, -0.2) is 45.9 Å². The standard InChI is InChI=1S/C13H24N2O4S.ClH/c1-19-13(16)11-6-2-3-7-12(11)20(17,18)15-9-10-5-4-8-14-10;/h10-12,14-15H,2-9H2,1H3;1H. The molecule has 0 amide bonds. The van der Waals surface area contributed by atoms with Crippen molar-refractivity contribution in [3.63, 3.8) is 0 Å². The number of carbonyl (C=O) groups excluding carboxylic acids is 1. The van der Waals surface area contributed by atoms with Crippen molar-refractivity contribution in [1.82, 2.24) is 10.0 Å². The molecule has 0 aromatic carbocycles. The van der Waals surface area contributed by atoms with Gasteiger partial charge in [0.15, 0.2) is 0 Å². The first kappa shape index (κ1) is 18.7. The Labute approximate surface area is 132 Å². The zero-order valence-electron chi connectivity index (χ0n) is 12.3. The maximum Gasteiger partial charge on any atom is 0.310 e. The van der Waals surface area contributed by atoms with Gasteiger partial charge in [-0.05, 0) is 32.2 Å². The molecule has 1 saturated heterocycles. The second-order valence-corrected chi connectivity index (χ2v) is 7.62. The molecule has 1 aliphatic heterocycles. The van der Waals surface area contributed by atoms with E-state index in [2.05, 4.69) is 10.0 Å². The molecule has 0 spiro atoms. The molecular formula is C13H25ClN2O4S. The van der Waals surface area contributed by atoms with Crippen molar-refractivity contribution in [1.29, 1.82) is 0 Å². The van der Waals surface area contributed by atoms with Gasteiger partial charge in [-0.25, -0.2) is 13.1 Å². The monoisotopic (exact) mass is 340 g/mol. The van der Waals surface area contributed by atoms with Gasteiger partial charge in [-0.15, -0.1) is 12.4 Å². The lowest BCUT2D eigenvalue weighted by Crippen LogP contribution is -2.47. The molecule has 2 aliphatic rings. The summed E-state index contributed by atoms with van der Waals surface area (Å²) < 4.78 is 32.3. The molecule has 1 aliphatic carbocycles. The van der Waals surface area contributed by atoms with Gasteiger partial charge >= 0.3 is 5.97 Å². The van der Waals surface area contributed by atoms with Gasteiger partial charge in [0.05, 0.1) is 18.3 Å². The summed E-state index contributed by atoms with van der Waals surface area (Å²) >= 11 is 0. The topological polar surface area (TPSA) is 84.5 Å². The van der Waals surface area contributed by atoms with E-state index >= 15 is 0 Å². The summed E-state index contributed by atoms with van der Waals surface area (Å²) in [4.78, 5) is 11.8. The van der Waals surface area contributed by atoms with E-state index in [0.717, 1.165) is 32.2 Å². The lowest BCUT2D eigenvalue weighted by molar-refractivity contribution is -0.146. The largest absolute Gasteiger partial charge is 0.469 e. The fraction of sp³-hybridized carbons (Fsp3) is 0.923. The van der Waals surface area contributed by atoms with Crippen molar-refractivity contribution >= 4 is 28.4 Å². The van der Waals surface area contributed by atoms with E-state index < -0.39 is 27.2 Å². The van der Waals surface area contributed by atoms with Crippen LogP contribution < -0.4 is 10.0 Å². The predicted octanol–water partition coefficient (Wildman–Crippen LogP) is 0.811. The number of sulfonamides is 1. The number of ether oxygens (including phenoxy) is 1. The zero-order chi connectivity index (χ0) is 14.6. The minimum absolute atomic E-state index is 0. The number of hydrogen-bond acceptors (Lipinski definition) is 5. The van der Waals surface area contributed by atoms with E-state index in [1.54, 1.807) is 0 Å². The van der Waals surface area contributed by atoms with Crippen LogP contribution in [0.3, 0.4) is 0 Å². The van der Waals surface area contributed by atoms with Crippen LogP contribution in [0, 0.1) is 5.92 Å². The van der Waals surface area contributed by atoms with Gasteiger partial charge in [-0.3, -0.25) is 4.79 Å². The van der Waals surface area contributed by atoms with E-state index in [1.807, 2.05) is 0 Å². The number of methoxy groups -OCH3 is 1. The highest BCUT2D eigenvalue weighted by molar-refractivity contribution is 7.90. The number of hydrogen-bond donors (Lipinski definition) is 2. The van der Waals surface area contributed by atoms with Crippen molar-refractivity contribution in [2.24, 2.45) is 5.92 Å². The molecule has 8 heteroatoms. The lowest BCUT2D eigenvalue weighted by Gasteiger charge is -2.29. The molecule has 0 radical (unpaired) electrons. The minimum atomic E-state index is -3.47. The van der Waals surface area contributed by atoms with E-state index in [1.165, 1.54) is 7.11 Å². The first-order chi connectivity index (χ1) is 9.54. The number of nitrogens with one attached hydrogen (secondary N) is 2. The molecule has 0 bridgehead atoms. The molecule has 6 nitrogen and oxygen atoms in total. The molecule has 124 valence electrons. The highest BCUT2D eigenvalue weighted by atomic mass is 35.5. The Morgan fingerprint density at radius 2 is 1.95 bits per heavy atom. The second-order valence-electron chi connectivity index (χ2n) is 5.64. The highest BCUT2D eigenvalue weighted by Crippen LogP contribution is 2.30. The third-order valence-corrected chi connectivity index (χ3v) is 6.23. The van der Waals surface area contributed by atoms with Crippen LogP contribution in [-0.2, 0) is 19.6 Å². The summed E-state index contributed by atoms with van der Waals surface area (Å²) in [6, 6.07) is 0.213. The van der Waals surface area contributed by atoms with Crippen LogP contribution in [0.25, 0.3) is 0 Å². The van der Waals surface area contributed by atoms with Crippen molar-refractivity contribution in [2.45, 2.75) is 49.8 Å². The molecule has 3 atom stereocenters. The first-order valence-corrected chi connectivity index (χ1v) is 8.89. The van der Waals surface area contributed by atoms with Crippen molar-refractivity contribution in [2.75, 3.05) is 20.2 Å². The molecule has 0 aromatic heterocycles. The Kier molecular flexibility index (Phi) is 7.39. The highest BCUT2D eigenvalue weighted by Gasteiger charge is 2.40. The van der Waals surface area contributed by atoms with Gasteiger partial charge in [-0.2, -0.15) is 0 Å². The molecule has 2 N–H and O–H groups in total. The summed E-state index contributed by atoms with van der Waals surface area (Å²) in [5.41, 5.74) is 0. The molecule has 2 rings (SSSR count). The fourth-order valence-corrected chi connectivity index (χ4v) is 4.95. The first-order valence-electron chi connectivity index (χ1n) is 7.34. The summed E-state index contributed by atoms with van der Waals surface area (Å²) in [5, 5.41) is 2.61. The van der Waals surface area contributed by atoms with Crippen molar-refractivity contribution in [3.8, 4) is 0 Å². The van der Waals surface area contributed by atoms with Gasteiger partial charge in [0.1, 0.15) is 0 Å². The fourth-order valence-electron chi connectivity index (χ4n) is 3.14. The smallest absolute Gasteiger partial charge is 0.310 e. The van der Waals surface area contributed by atoms with Crippen LogP contribution >= 0.6 is 12.4 Å². The van der Waals surface area contributed by atoms with Crippen LogP contribution in [0.2, 0.25) is 0 Å². The lowest BCUT2D eigenvalue weighted by atomic mass is 9.89. The Balaban J connectivity index is 0.00000220. The predicted molar refractivity (Wildman–Crippen MR) is 83.0 cm³/mol. The molecule has 1 saturated carbocycles. The minimum Gasteiger partial charge on any atom is -0.469 e. The van der Waals surface area contributed by atoms with E-state index in [-0.39, 0.29) is 18.4 Å². The van der Waals surface area contributed by atoms with Gasteiger partial charge in [-0.1, -0.05) is 12.8 Å². The maximum atomic E-state index is 12.4. The molecular weight excluding hydrogens is 316 g/mol. The average molecular weight is 341 g/mol. The quantitative estimate of drug-likeness (QED) is 0.723. The molecule has 0 aromatic rings. The Morgan fingerprint density at radius 1 is 1.24 bits per heavy atom. The van der Waals surface area contributed by atoms with Crippen LogP contribution in [0.15, 0.2) is 0 Å². The van der Waals surface area contributed by atoms with Crippen LogP contribution in [0.1, 0.15) is 38.5 Å². The molecule has 2 fully saturated rings. The summed E-state index contributed by atoms with van der Waals surface area (Å²) in [6.07, 6.45) is 4.94. The maximum absolute atomic E-state index is 12.4. The summed E-state index contributed by atoms with van der Waals surface area (Å²) in [5.74, 6) is -0.929. The molecule has 1 heterocycles.